The number of ether oxygens (including phenoxy) is 1. The van der Waals surface area contributed by atoms with Gasteiger partial charge in [0.25, 0.3) is 5.88 Å². The van der Waals surface area contributed by atoms with Gasteiger partial charge in [-0.2, -0.15) is 5.26 Å². The first-order chi connectivity index (χ1) is 13.5. The van der Waals surface area contributed by atoms with Crippen molar-refractivity contribution in [1.29, 1.82) is 5.26 Å². The molecule has 10 heteroatoms. The van der Waals surface area contributed by atoms with Crippen LogP contribution in [0.15, 0.2) is 42.6 Å². The first-order valence-corrected chi connectivity index (χ1v) is 9.54. The van der Waals surface area contributed by atoms with Gasteiger partial charge >= 0.3 is 5.69 Å². The largest absolute Gasteiger partial charge is 0.434 e. The number of pyridine rings is 1. The molecule has 1 aliphatic heterocycles. The van der Waals surface area contributed by atoms with E-state index in [1.54, 1.807) is 24.3 Å². The average Bonchev–Trinajstić information content (AvgIpc) is 3.18. The lowest BCUT2D eigenvalue weighted by molar-refractivity contribution is -0.386. The normalized spacial score (nSPS) is 17.0. The maximum atomic E-state index is 12.5. The van der Waals surface area contributed by atoms with Crippen molar-refractivity contribution in [2.75, 3.05) is 11.6 Å². The van der Waals surface area contributed by atoms with E-state index in [1.165, 1.54) is 35.0 Å². The Labute approximate surface area is 165 Å². The van der Waals surface area contributed by atoms with Gasteiger partial charge in [0.1, 0.15) is 11.8 Å². The van der Waals surface area contributed by atoms with E-state index in [-0.39, 0.29) is 17.5 Å². The quantitative estimate of drug-likeness (QED) is 0.576. The van der Waals surface area contributed by atoms with E-state index in [9.17, 15) is 14.9 Å². The number of hydrogen-bond donors (Lipinski definition) is 1. The summed E-state index contributed by atoms with van der Waals surface area (Å²) >= 11 is 1.53. The lowest BCUT2D eigenvalue weighted by Gasteiger charge is -2.22. The Hall–Kier alpha value is -3.16. The highest BCUT2D eigenvalue weighted by molar-refractivity contribution is 7.99. The fourth-order valence-corrected chi connectivity index (χ4v) is 3.81. The fraction of sp³-hybridized carbons (Fsp3) is 0.278. The summed E-state index contributed by atoms with van der Waals surface area (Å²) in [5.41, 5.74) is 6.62. The number of nitriles is 1. The number of nitrogens with two attached hydrogens (primary N) is 1. The summed E-state index contributed by atoms with van der Waals surface area (Å²) in [4.78, 5) is 28.3. The summed E-state index contributed by atoms with van der Waals surface area (Å²) in [6.07, 6.45) is 1.72. The summed E-state index contributed by atoms with van der Waals surface area (Å²) in [6, 6.07) is 10.4. The van der Waals surface area contributed by atoms with Gasteiger partial charge < -0.3 is 15.4 Å². The molecule has 0 radical (unpaired) electrons. The van der Waals surface area contributed by atoms with Crippen LogP contribution in [0.1, 0.15) is 5.56 Å². The topological polar surface area (TPSA) is 135 Å². The van der Waals surface area contributed by atoms with E-state index >= 15 is 0 Å². The Bertz CT molecular complexity index is 915. The molecule has 1 amide bonds. The van der Waals surface area contributed by atoms with Gasteiger partial charge in [0, 0.05) is 18.0 Å². The highest BCUT2D eigenvalue weighted by Gasteiger charge is 2.32. The van der Waals surface area contributed by atoms with Gasteiger partial charge in [-0.15, -0.1) is 11.8 Å². The number of rotatable bonds is 6. The molecule has 1 aromatic carbocycles. The van der Waals surface area contributed by atoms with Crippen LogP contribution in [-0.2, 0) is 11.2 Å². The van der Waals surface area contributed by atoms with Crippen LogP contribution in [-0.4, -0.2) is 44.4 Å². The molecule has 1 aromatic heterocycles. The molecule has 9 nitrogen and oxygen atoms in total. The van der Waals surface area contributed by atoms with Gasteiger partial charge in [-0.05, 0) is 30.2 Å². The average molecular weight is 399 g/mol. The van der Waals surface area contributed by atoms with Crippen molar-refractivity contribution in [2.24, 2.45) is 5.73 Å². The Balaban J connectivity index is 1.64. The zero-order valence-electron chi connectivity index (χ0n) is 14.7. The number of nitro groups is 1. The molecule has 3 rings (SSSR count). The van der Waals surface area contributed by atoms with Crippen molar-refractivity contribution in [3.8, 4) is 17.7 Å². The molecule has 2 aromatic rings. The molecule has 0 spiro atoms. The standard InChI is InChI=1S/C18H17N5O4S/c19-9-13-10-28-11-22(13)18(24)15(20)8-12-3-5-14(6-4-12)27-17-16(23(25)26)2-1-7-21-17/h1-7,13,15H,8,10-11,20H2/t13-,15?/m1/s1. The molecule has 2 heterocycles. The number of amides is 1. The third-order valence-electron chi connectivity index (χ3n) is 4.17. The molecular weight excluding hydrogens is 382 g/mol. The van der Waals surface area contributed by atoms with Crippen molar-refractivity contribution < 1.29 is 14.5 Å². The zero-order valence-corrected chi connectivity index (χ0v) is 15.5. The lowest BCUT2D eigenvalue weighted by Crippen LogP contribution is -2.47. The Morgan fingerprint density at radius 2 is 2.21 bits per heavy atom. The predicted octanol–water partition coefficient (Wildman–Crippen LogP) is 2.08. The molecule has 0 saturated carbocycles. The molecule has 144 valence electrons. The van der Waals surface area contributed by atoms with Crippen molar-refractivity contribution in [2.45, 2.75) is 18.5 Å². The van der Waals surface area contributed by atoms with Crippen LogP contribution >= 0.6 is 11.8 Å². The first kappa shape index (κ1) is 19.6. The third-order valence-corrected chi connectivity index (χ3v) is 5.19. The molecule has 2 N–H and O–H groups in total. The van der Waals surface area contributed by atoms with Crippen molar-refractivity contribution in [3.05, 3.63) is 58.3 Å². The number of nitrogens with zero attached hydrogens (tertiary/aromatic N) is 4. The van der Waals surface area contributed by atoms with E-state index in [4.69, 9.17) is 15.7 Å². The number of thioether (sulfide) groups is 1. The summed E-state index contributed by atoms with van der Waals surface area (Å²) < 4.78 is 5.49. The maximum absolute atomic E-state index is 12.5. The molecular formula is C18H17N5O4S. The minimum absolute atomic E-state index is 0.0961. The number of aromatic nitrogens is 1. The number of carbonyl (C=O) groups is 1. The number of hydrogen-bond acceptors (Lipinski definition) is 8. The van der Waals surface area contributed by atoms with Crippen LogP contribution in [0.3, 0.4) is 0 Å². The third kappa shape index (κ3) is 4.39. The van der Waals surface area contributed by atoms with Crippen LogP contribution in [0.25, 0.3) is 0 Å². The second-order valence-electron chi connectivity index (χ2n) is 6.09. The summed E-state index contributed by atoms with van der Waals surface area (Å²) in [5.74, 6) is 1.11. The van der Waals surface area contributed by atoms with Gasteiger partial charge in [-0.25, -0.2) is 4.98 Å². The van der Waals surface area contributed by atoms with Crippen LogP contribution in [0.2, 0.25) is 0 Å². The summed E-state index contributed by atoms with van der Waals surface area (Å²) in [6.45, 7) is 0. The summed E-state index contributed by atoms with van der Waals surface area (Å²) in [7, 11) is 0. The molecule has 28 heavy (non-hydrogen) atoms. The molecule has 1 aliphatic rings. The van der Waals surface area contributed by atoms with Gasteiger partial charge in [0.2, 0.25) is 5.91 Å². The van der Waals surface area contributed by atoms with Crippen molar-refractivity contribution in [1.82, 2.24) is 9.88 Å². The fourth-order valence-electron chi connectivity index (χ4n) is 2.73. The molecule has 1 unspecified atom stereocenters. The van der Waals surface area contributed by atoms with Gasteiger partial charge in [-0.1, -0.05) is 12.1 Å². The van der Waals surface area contributed by atoms with Crippen LogP contribution in [0.5, 0.6) is 11.6 Å². The zero-order chi connectivity index (χ0) is 20.1. The van der Waals surface area contributed by atoms with Crippen LogP contribution < -0.4 is 10.5 Å². The van der Waals surface area contributed by atoms with E-state index in [0.29, 0.717) is 23.8 Å². The van der Waals surface area contributed by atoms with Crippen molar-refractivity contribution in [3.63, 3.8) is 0 Å². The molecule has 1 saturated heterocycles. The van der Waals surface area contributed by atoms with Gasteiger partial charge in [0.15, 0.2) is 0 Å². The molecule has 1 fully saturated rings. The van der Waals surface area contributed by atoms with E-state index in [0.717, 1.165) is 5.56 Å². The number of carbonyl (C=O) groups excluding carboxylic acids is 1. The minimum Gasteiger partial charge on any atom is -0.434 e. The second-order valence-corrected chi connectivity index (χ2v) is 7.09. The SMILES string of the molecule is N#C[C@@H]1CSCN1C(=O)C(N)Cc1ccc(Oc2ncccc2[N+](=O)[O-])cc1. The highest BCUT2D eigenvalue weighted by Crippen LogP contribution is 2.28. The second kappa shape index (κ2) is 8.69. The Kier molecular flexibility index (Phi) is 6.08. The van der Waals surface area contributed by atoms with E-state index in [2.05, 4.69) is 11.1 Å². The van der Waals surface area contributed by atoms with E-state index < -0.39 is 17.0 Å². The Morgan fingerprint density at radius 3 is 2.89 bits per heavy atom. The summed E-state index contributed by atoms with van der Waals surface area (Å²) in [5, 5.41) is 20.1. The van der Waals surface area contributed by atoms with Crippen molar-refractivity contribution >= 4 is 23.4 Å². The maximum Gasteiger partial charge on any atom is 0.331 e. The monoisotopic (exact) mass is 399 g/mol. The van der Waals surface area contributed by atoms with E-state index in [1.807, 2.05) is 0 Å². The van der Waals surface area contributed by atoms with Crippen LogP contribution in [0.4, 0.5) is 5.69 Å². The Morgan fingerprint density at radius 1 is 1.46 bits per heavy atom. The highest BCUT2D eigenvalue weighted by atomic mass is 32.2. The van der Waals surface area contributed by atoms with Gasteiger partial charge in [-0.3, -0.25) is 14.9 Å². The smallest absolute Gasteiger partial charge is 0.331 e. The van der Waals surface area contributed by atoms with Crippen LogP contribution in [0, 0.1) is 21.4 Å². The predicted molar refractivity (Wildman–Crippen MR) is 103 cm³/mol. The molecule has 2 atom stereocenters. The van der Waals surface area contributed by atoms with Gasteiger partial charge in [0.05, 0.1) is 22.9 Å². The first-order valence-electron chi connectivity index (χ1n) is 8.39. The number of benzene rings is 1. The molecule has 0 aliphatic carbocycles. The lowest BCUT2D eigenvalue weighted by atomic mass is 10.1. The molecule has 0 bridgehead atoms. The minimum atomic E-state index is -0.752.